The molecule has 0 amide bonds. The molecule has 0 aliphatic carbocycles. The van der Waals surface area contributed by atoms with Crippen LogP contribution in [-0.2, 0) is 0 Å². The average molecular weight is 302 g/mol. The lowest BCUT2D eigenvalue weighted by molar-refractivity contribution is 0.887. The van der Waals surface area contributed by atoms with Gasteiger partial charge in [-0.3, -0.25) is 5.10 Å². The minimum absolute atomic E-state index is 0.571. The molecule has 0 aliphatic rings. The molecule has 6 heteroatoms. The summed E-state index contributed by atoms with van der Waals surface area (Å²) in [7, 11) is 0. The molecule has 112 valence electrons. The third kappa shape index (κ3) is 2.46. The van der Waals surface area contributed by atoms with Crippen molar-refractivity contribution in [1.82, 2.24) is 24.8 Å². The number of aromatic amines is 1. The molecular weight excluding hydrogens is 288 g/mol. The Bertz CT molecular complexity index is 953. The van der Waals surface area contributed by atoms with Crippen LogP contribution in [0.25, 0.3) is 11.1 Å². The highest BCUT2D eigenvalue weighted by Gasteiger charge is 2.12. The van der Waals surface area contributed by atoms with E-state index in [1.165, 1.54) is 0 Å². The van der Waals surface area contributed by atoms with Crippen LogP contribution in [0.15, 0.2) is 67.5 Å². The summed E-state index contributed by atoms with van der Waals surface area (Å²) in [6, 6.07) is 15.6. The van der Waals surface area contributed by atoms with Gasteiger partial charge in [-0.2, -0.15) is 5.10 Å². The van der Waals surface area contributed by atoms with E-state index in [0.717, 1.165) is 22.5 Å². The van der Waals surface area contributed by atoms with Crippen molar-refractivity contribution < 1.29 is 0 Å². The largest absolute Gasteiger partial charge is 0.323 e. The molecule has 0 radical (unpaired) electrons. The van der Waals surface area contributed by atoms with Gasteiger partial charge in [-0.05, 0) is 17.7 Å². The minimum atomic E-state index is 0.571. The topological polar surface area (TPSA) is 70.9 Å². The zero-order valence-electron chi connectivity index (χ0n) is 12.3. The number of aromatic nitrogens is 5. The van der Waals surface area contributed by atoms with Gasteiger partial charge in [0, 0.05) is 17.8 Å². The molecule has 2 N–H and O–H groups in total. The van der Waals surface area contributed by atoms with E-state index in [4.69, 9.17) is 0 Å². The summed E-state index contributed by atoms with van der Waals surface area (Å²) in [4.78, 5) is 4.63. The van der Waals surface area contributed by atoms with Crippen molar-refractivity contribution in [1.29, 1.82) is 0 Å². The molecule has 4 aromatic rings. The van der Waals surface area contributed by atoms with Crippen LogP contribution in [0.2, 0.25) is 0 Å². The fourth-order valence-electron chi connectivity index (χ4n) is 2.38. The predicted octanol–water partition coefficient (Wildman–Crippen LogP) is 3.26. The van der Waals surface area contributed by atoms with Crippen LogP contribution >= 0.6 is 0 Å². The molecule has 23 heavy (non-hydrogen) atoms. The van der Waals surface area contributed by atoms with Crippen LogP contribution in [0.4, 0.5) is 11.6 Å². The van der Waals surface area contributed by atoms with Crippen LogP contribution in [0.5, 0.6) is 0 Å². The van der Waals surface area contributed by atoms with Crippen LogP contribution in [-0.4, -0.2) is 24.8 Å². The lowest BCUT2D eigenvalue weighted by Gasteiger charge is -2.10. The zero-order chi connectivity index (χ0) is 15.6. The van der Waals surface area contributed by atoms with E-state index in [-0.39, 0.29) is 0 Å². The Balaban J connectivity index is 1.80. The monoisotopic (exact) mass is 302 g/mol. The summed E-state index contributed by atoms with van der Waals surface area (Å²) in [5.41, 5.74) is 2.64. The van der Waals surface area contributed by atoms with E-state index in [0.29, 0.717) is 11.6 Å². The van der Waals surface area contributed by atoms with Crippen molar-refractivity contribution in [3.63, 3.8) is 0 Å². The maximum atomic E-state index is 4.63. The lowest BCUT2D eigenvalue weighted by Crippen LogP contribution is -2.06. The molecule has 3 heterocycles. The van der Waals surface area contributed by atoms with Crippen molar-refractivity contribution in [2.75, 3.05) is 5.32 Å². The molecule has 0 saturated heterocycles. The Morgan fingerprint density at radius 1 is 1.09 bits per heavy atom. The first-order valence-electron chi connectivity index (χ1n) is 7.18. The molecule has 0 spiro atoms. The smallest absolute Gasteiger partial charge is 0.182 e. The Hall–Kier alpha value is -3.41. The van der Waals surface area contributed by atoms with Crippen LogP contribution in [0.1, 0.15) is 11.4 Å². The zero-order valence-corrected chi connectivity index (χ0v) is 12.3. The van der Waals surface area contributed by atoms with Gasteiger partial charge in [0.1, 0.15) is 11.3 Å². The van der Waals surface area contributed by atoms with Gasteiger partial charge in [0.05, 0.1) is 6.20 Å². The van der Waals surface area contributed by atoms with Gasteiger partial charge in [-0.1, -0.05) is 36.9 Å². The third-order valence-electron chi connectivity index (χ3n) is 3.54. The van der Waals surface area contributed by atoms with Crippen LogP contribution in [0.3, 0.4) is 0 Å². The van der Waals surface area contributed by atoms with Gasteiger partial charge in [-0.25, -0.2) is 9.50 Å². The highest BCUT2D eigenvalue weighted by atomic mass is 15.3. The first-order chi connectivity index (χ1) is 11.3. The molecule has 0 fully saturated rings. The fourth-order valence-corrected chi connectivity index (χ4v) is 2.38. The maximum absolute atomic E-state index is 4.63. The third-order valence-corrected chi connectivity index (χ3v) is 3.54. The second-order valence-corrected chi connectivity index (χ2v) is 5.06. The van der Waals surface area contributed by atoms with Crippen molar-refractivity contribution in [2.24, 2.45) is 0 Å². The van der Waals surface area contributed by atoms with E-state index >= 15 is 0 Å². The second-order valence-electron chi connectivity index (χ2n) is 5.06. The molecule has 0 atom stereocenters. The molecular formula is C17H14N6. The highest BCUT2D eigenvalue weighted by molar-refractivity contribution is 5.78. The number of nitrogens with one attached hydrogen (secondary N) is 2. The van der Waals surface area contributed by atoms with Crippen molar-refractivity contribution in [3.8, 4) is 0 Å². The van der Waals surface area contributed by atoms with Crippen molar-refractivity contribution >= 4 is 22.7 Å². The average Bonchev–Trinajstić information content (AvgIpc) is 3.26. The van der Waals surface area contributed by atoms with E-state index < -0.39 is 0 Å². The number of H-pyrrole nitrogens is 1. The van der Waals surface area contributed by atoms with E-state index in [1.807, 2.05) is 54.7 Å². The number of fused-ring (bicyclic) bond motifs is 1. The van der Waals surface area contributed by atoms with Gasteiger partial charge in [0.25, 0.3) is 0 Å². The lowest BCUT2D eigenvalue weighted by atomic mass is 10.1. The Labute approximate surface area is 132 Å². The molecule has 0 unspecified atom stereocenters. The number of hydrogen-bond donors (Lipinski definition) is 2. The predicted molar refractivity (Wildman–Crippen MR) is 89.4 cm³/mol. The highest BCUT2D eigenvalue weighted by Crippen LogP contribution is 2.23. The Morgan fingerprint density at radius 3 is 2.74 bits per heavy atom. The number of nitrogens with zero attached hydrogens (tertiary/aromatic N) is 4. The summed E-state index contributed by atoms with van der Waals surface area (Å²) in [6.07, 6.45) is 3.57. The molecule has 0 bridgehead atoms. The van der Waals surface area contributed by atoms with Gasteiger partial charge < -0.3 is 5.32 Å². The molecule has 0 aliphatic heterocycles. The van der Waals surface area contributed by atoms with Gasteiger partial charge in [0.15, 0.2) is 11.6 Å². The normalized spacial score (nSPS) is 10.8. The van der Waals surface area contributed by atoms with Gasteiger partial charge in [-0.15, -0.1) is 5.10 Å². The molecule has 4 rings (SSSR count). The summed E-state index contributed by atoms with van der Waals surface area (Å²) in [5.74, 6) is 2.03. The Kier molecular flexibility index (Phi) is 3.12. The second kappa shape index (κ2) is 5.42. The van der Waals surface area contributed by atoms with E-state index in [1.54, 1.807) is 10.7 Å². The quantitative estimate of drug-likeness (QED) is 0.607. The number of anilines is 2. The van der Waals surface area contributed by atoms with Crippen molar-refractivity contribution in [3.05, 3.63) is 78.9 Å². The first kappa shape index (κ1) is 13.3. The summed E-state index contributed by atoms with van der Waals surface area (Å²) in [6.45, 7) is 4.14. The minimum Gasteiger partial charge on any atom is -0.323 e. The SMILES string of the molecule is C=C(c1ccccc1)c1nc(Nc2ccn[nH]2)c2cccn2n1. The fraction of sp³-hybridized carbons (Fsp3) is 0. The van der Waals surface area contributed by atoms with Crippen LogP contribution in [0, 0.1) is 0 Å². The number of rotatable bonds is 4. The number of benzene rings is 1. The summed E-state index contributed by atoms with van der Waals surface area (Å²) in [5, 5.41) is 14.6. The standard InChI is InChI=1S/C17H14N6/c1-12(13-6-3-2-4-7-13)16-20-17(19-15-9-10-18-21-15)14-8-5-11-23(14)22-16/h2-11H,1H2,(H2,18,19,20,21,22). The number of hydrogen-bond acceptors (Lipinski definition) is 4. The van der Waals surface area contributed by atoms with E-state index in [9.17, 15) is 0 Å². The van der Waals surface area contributed by atoms with Gasteiger partial charge in [0.2, 0.25) is 0 Å². The first-order valence-corrected chi connectivity index (χ1v) is 7.18. The van der Waals surface area contributed by atoms with Gasteiger partial charge >= 0.3 is 0 Å². The molecule has 6 nitrogen and oxygen atoms in total. The summed E-state index contributed by atoms with van der Waals surface area (Å²) < 4.78 is 1.79. The summed E-state index contributed by atoms with van der Waals surface area (Å²) >= 11 is 0. The molecule has 1 aromatic carbocycles. The Morgan fingerprint density at radius 2 is 1.96 bits per heavy atom. The molecule has 0 saturated carbocycles. The van der Waals surface area contributed by atoms with Crippen molar-refractivity contribution in [2.45, 2.75) is 0 Å². The maximum Gasteiger partial charge on any atom is 0.182 e. The van der Waals surface area contributed by atoms with Crippen LogP contribution < -0.4 is 5.32 Å². The van der Waals surface area contributed by atoms with E-state index in [2.05, 4.69) is 32.2 Å². The molecule has 3 aromatic heterocycles.